The summed E-state index contributed by atoms with van der Waals surface area (Å²) in [6, 6.07) is 1.17. The van der Waals surface area contributed by atoms with Crippen molar-refractivity contribution >= 4 is 16.8 Å². The Kier molecular flexibility index (Phi) is 7.19. The van der Waals surface area contributed by atoms with Gasteiger partial charge in [0.15, 0.2) is 17.4 Å². The number of ketones is 1. The normalized spacial score (nSPS) is 26.1. The smallest absolute Gasteiger partial charge is 0.297 e. The van der Waals surface area contributed by atoms with Crippen molar-refractivity contribution in [3.05, 3.63) is 17.7 Å². The molecule has 0 unspecified atom stereocenters. The number of hydrogen-bond donors (Lipinski definition) is 1. The fraction of sp³-hybridized carbons (Fsp3) is 0.667. The predicted octanol–water partition coefficient (Wildman–Crippen LogP) is 4.08. The highest BCUT2D eigenvalue weighted by Crippen LogP contribution is 2.35. The summed E-state index contributed by atoms with van der Waals surface area (Å²) in [6.07, 6.45) is 3.69. The van der Waals surface area contributed by atoms with Gasteiger partial charge >= 0.3 is 0 Å². The van der Waals surface area contributed by atoms with Crippen molar-refractivity contribution < 1.29 is 32.9 Å². The van der Waals surface area contributed by atoms with Crippen molar-refractivity contribution in [2.75, 3.05) is 6.61 Å². The molecule has 7 nitrogen and oxygen atoms in total. The van der Waals surface area contributed by atoms with Gasteiger partial charge in [0.25, 0.3) is 6.01 Å². The number of rotatable bonds is 9. The maximum absolute atomic E-state index is 15.1. The molecule has 1 aromatic carbocycles. The third-order valence-corrected chi connectivity index (χ3v) is 6.47. The Morgan fingerprint density at radius 2 is 1.85 bits per heavy atom. The highest BCUT2D eigenvalue weighted by Gasteiger charge is 2.31. The summed E-state index contributed by atoms with van der Waals surface area (Å²) in [5, 5.41) is 9.40. The number of aliphatic hydroxyl groups is 1. The van der Waals surface area contributed by atoms with Gasteiger partial charge in [0.1, 0.15) is 29.0 Å². The van der Waals surface area contributed by atoms with Crippen LogP contribution in [0.3, 0.4) is 0 Å². The molecule has 0 bridgehead atoms. The van der Waals surface area contributed by atoms with E-state index in [0.29, 0.717) is 25.9 Å². The van der Waals surface area contributed by atoms with Gasteiger partial charge in [-0.2, -0.15) is 4.98 Å². The number of hydrogen-bond acceptors (Lipinski definition) is 6. The Balaban J connectivity index is 1.37. The van der Waals surface area contributed by atoms with Gasteiger partial charge < -0.3 is 24.1 Å². The second kappa shape index (κ2) is 9.93. The first kappa shape index (κ1) is 23.9. The Morgan fingerprint density at radius 3 is 2.48 bits per heavy atom. The SMILES string of the molecule is CC(=O)C[C@@H](C)COC1CCC(Oc2nc3c(F)cc(OC4CC(O)C4)c(F)c3n2C)CC1. The first-order chi connectivity index (χ1) is 15.7. The largest absolute Gasteiger partial charge is 0.487 e. The first-order valence-electron chi connectivity index (χ1n) is 11.7. The second-order valence-electron chi connectivity index (χ2n) is 9.55. The van der Waals surface area contributed by atoms with Gasteiger partial charge in [-0.15, -0.1) is 0 Å². The number of aryl methyl sites for hydroxylation is 1. The fourth-order valence-corrected chi connectivity index (χ4v) is 4.58. The van der Waals surface area contributed by atoms with E-state index in [9.17, 15) is 14.3 Å². The molecule has 2 aliphatic carbocycles. The number of carbonyl (C=O) groups excluding carboxylic acids is 1. The molecule has 0 aliphatic heterocycles. The first-order valence-corrected chi connectivity index (χ1v) is 11.7. The number of aromatic nitrogens is 2. The summed E-state index contributed by atoms with van der Waals surface area (Å²) in [4.78, 5) is 15.4. The predicted molar refractivity (Wildman–Crippen MR) is 117 cm³/mol. The average Bonchev–Trinajstić information content (AvgIpc) is 3.06. The molecule has 1 heterocycles. The van der Waals surface area contributed by atoms with Gasteiger partial charge in [-0.1, -0.05) is 6.92 Å². The highest BCUT2D eigenvalue weighted by molar-refractivity contribution is 5.80. The van der Waals surface area contributed by atoms with Gasteiger partial charge in [-0.25, -0.2) is 8.78 Å². The van der Waals surface area contributed by atoms with Crippen LogP contribution >= 0.6 is 0 Å². The lowest BCUT2D eigenvalue weighted by atomic mass is 9.92. The molecule has 9 heteroatoms. The Bertz CT molecular complexity index is 997. The number of nitrogens with zero attached hydrogens (tertiary/aromatic N) is 2. The van der Waals surface area contributed by atoms with Gasteiger partial charge in [0.2, 0.25) is 0 Å². The van der Waals surface area contributed by atoms with E-state index >= 15 is 4.39 Å². The van der Waals surface area contributed by atoms with Crippen LogP contribution in [0.25, 0.3) is 11.0 Å². The van der Waals surface area contributed by atoms with Crippen molar-refractivity contribution in [2.24, 2.45) is 13.0 Å². The Hall–Kier alpha value is -2.26. The van der Waals surface area contributed by atoms with Crippen molar-refractivity contribution in [3.63, 3.8) is 0 Å². The van der Waals surface area contributed by atoms with Crippen LogP contribution in [0.15, 0.2) is 6.07 Å². The van der Waals surface area contributed by atoms with Crippen LogP contribution in [0.4, 0.5) is 8.78 Å². The number of imidazole rings is 1. The molecular weight excluding hydrogens is 434 g/mol. The van der Waals surface area contributed by atoms with Crippen LogP contribution in [0.5, 0.6) is 11.8 Å². The van der Waals surface area contributed by atoms with Crippen LogP contribution in [0.1, 0.15) is 58.8 Å². The molecule has 1 atom stereocenters. The van der Waals surface area contributed by atoms with Crippen molar-refractivity contribution in [1.82, 2.24) is 9.55 Å². The Morgan fingerprint density at radius 1 is 1.18 bits per heavy atom. The summed E-state index contributed by atoms with van der Waals surface area (Å²) < 4.78 is 48.7. The average molecular weight is 467 g/mol. The van der Waals surface area contributed by atoms with Gasteiger partial charge in [0, 0.05) is 39.0 Å². The summed E-state index contributed by atoms with van der Waals surface area (Å²) in [7, 11) is 1.59. The number of Topliss-reactive ketones (excluding diaryl/α,β-unsaturated/α-hetero) is 1. The summed E-state index contributed by atoms with van der Waals surface area (Å²) in [5.74, 6) is -1.18. The fourth-order valence-electron chi connectivity index (χ4n) is 4.58. The minimum atomic E-state index is -0.686. The summed E-state index contributed by atoms with van der Waals surface area (Å²) >= 11 is 0. The van der Waals surface area contributed by atoms with Gasteiger partial charge in [-0.05, 0) is 38.5 Å². The number of ether oxygens (including phenoxy) is 3. The van der Waals surface area contributed by atoms with E-state index in [0.717, 1.165) is 31.7 Å². The zero-order chi connectivity index (χ0) is 23.7. The number of halogens is 2. The van der Waals surface area contributed by atoms with E-state index in [1.54, 1.807) is 14.0 Å². The minimum absolute atomic E-state index is 0.00338. The molecule has 2 aliphatic rings. The molecule has 0 radical (unpaired) electrons. The standard InChI is InChI=1S/C24H32F2N2O5/c1-13(8-14(2)29)12-31-16-4-6-17(7-5-16)33-24-27-22-19(25)11-20(21(26)23(22)28(24)3)32-18-9-15(30)10-18/h11,13,15-18,30H,4-10,12H2,1-3H3/t13-,15?,16?,17?,18?/m1/s1. The third kappa shape index (κ3) is 5.46. The van der Waals surface area contributed by atoms with Crippen LogP contribution in [0, 0.1) is 17.6 Å². The molecule has 182 valence electrons. The molecule has 2 saturated carbocycles. The number of fused-ring (bicyclic) bond motifs is 1. The lowest BCUT2D eigenvalue weighted by Gasteiger charge is -2.31. The third-order valence-electron chi connectivity index (χ3n) is 6.47. The van der Waals surface area contributed by atoms with Gasteiger partial charge in [0.05, 0.1) is 12.2 Å². The number of aliphatic hydroxyl groups excluding tert-OH is 1. The topological polar surface area (TPSA) is 82.8 Å². The second-order valence-corrected chi connectivity index (χ2v) is 9.55. The molecule has 1 N–H and O–H groups in total. The number of carbonyl (C=O) groups is 1. The van der Waals surface area contributed by atoms with E-state index < -0.39 is 17.7 Å². The number of benzene rings is 1. The molecule has 1 aromatic heterocycles. The van der Waals surface area contributed by atoms with Crippen LogP contribution < -0.4 is 9.47 Å². The van der Waals surface area contributed by atoms with E-state index in [4.69, 9.17) is 14.2 Å². The van der Waals surface area contributed by atoms with Crippen molar-refractivity contribution in [2.45, 2.75) is 83.2 Å². The maximum Gasteiger partial charge on any atom is 0.297 e. The highest BCUT2D eigenvalue weighted by atomic mass is 19.1. The van der Waals surface area contributed by atoms with Crippen LogP contribution in [-0.4, -0.2) is 51.5 Å². The molecule has 0 saturated heterocycles. The van der Waals surface area contributed by atoms with Crippen LogP contribution in [0.2, 0.25) is 0 Å². The van der Waals surface area contributed by atoms with E-state index in [1.807, 2.05) is 6.92 Å². The minimum Gasteiger partial charge on any atom is -0.487 e. The summed E-state index contributed by atoms with van der Waals surface area (Å²) in [6.45, 7) is 4.15. The van der Waals surface area contributed by atoms with Gasteiger partial charge in [-0.3, -0.25) is 4.57 Å². The van der Waals surface area contributed by atoms with E-state index in [1.165, 1.54) is 4.57 Å². The molecular formula is C24H32F2N2O5. The zero-order valence-corrected chi connectivity index (χ0v) is 19.4. The lowest BCUT2D eigenvalue weighted by molar-refractivity contribution is -0.118. The van der Waals surface area contributed by atoms with Crippen LogP contribution in [-0.2, 0) is 16.6 Å². The molecule has 0 spiro atoms. The molecule has 0 amide bonds. The van der Waals surface area contributed by atoms with Crippen molar-refractivity contribution in [3.8, 4) is 11.8 Å². The molecule has 4 rings (SSSR count). The maximum atomic E-state index is 15.1. The quantitative estimate of drug-likeness (QED) is 0.600. The molecule has 2 aromatic rings. The zero-order valence-electron chi connectivity index (χ0n) is 19.4. The molecule has 33 heavy (non-hydrogen) atoms. The monoisotopic (exact) mass is 466 g/mol. The van der Waals surface area contributed by atoms with E-state index in [2.05, 4.69) is 4.98 Å². The Labute approximate surface area is 192 Å². The summed E-state index contributed by atoms with van der Waals surface area (Å²) in [5.41, 5.74) is -0.0983. The van der Waals surface area contributed by atoms with Crippen molar-refractivity contribution in [1.29, 1.82) is 0 Å². The molecule has 2 fully saturated rings. The van der Waals surface area contributed by atoms with E-state index in [-0.39, 0.29) is 52.8 Å². The lowest BCUT2D eigenvalue weighted by Crippen LogP contribution is -2.37.